The minimum Gasteiger partial charge on any atom is -0.478 e. The third-order valence-corrected chi connectivity index (χ3v) is 2.83. The molecule has 1 fully saturated rings. The number of rotatable bonds is 4. The Morgan fingerprint density at radius 1 is 1.40 bits per heavy atom. The largest absolute Gasteiger partial charge is 0.478 e. The van der Waals surface area contributed by atoms with Crippen molar-refractivity contribution >= 4 is 18.0 Å². The predicted molar refractivity (Wildman–Crippen MR) is 66.6 cm³/mol. The molecule has 1 N–H and O–H groups in total. The van der Waals surface area contributed by atoms with E-state index in [0.29, 0.717) is 6.54 Å². The van der Waals surface area contributed by atoms with Crippen LogP contribution >= 0.6 is 0 Å². The highest BCUT2D eigenvalue weighted by molar-refractivity contribution is 6.02. The molecule has 1 heterocycles. The normalized spacial score (nSPS) is 17.8. The van der Waals surface area contributed by atoms with Crippen molar-refractivity contribution in [1.29, 1.82) is 0 Å². The summed E-state index contributed by atoms with van der Waals surface area (Å²) in [5.74, 6) is -1.96. The number of hydrogen-bond donors (Lipinski definition) is 1. The van der Waals surface area contributed by atoms with Crippen LogP contribution in [0.2, 0.25) is 0 Å². The average molecular weight is 279 g/mol. The second-order valence-electron chi connectivity index (χ2n) is 4.34. The fraction of sp³-hybridized carbons (Fsp3) is 0.308. The summed E-state index contributed by atoms with van der Waals surface area (Å²) in [6, 6.07) is 5.77. The van der Waals surface area contributed by atoms with Gasteiger partial charge in [-0.3, -0.25) is 0 Å². The fourth-order valence-corrected chi connectivity index (χ4v) is 1.83. The van der Waals surface area contributed by atoms with Crippen molar-refractivity contribution < 1.29 is 29.0 Å². The molecule has 7 heteroatoms. The summed E-state index contributed by atoms with van der Waals surface area (Å²) in [6.07, 6.45) is -1.01. The van der Waals surface area contributed by atoms with Crippen molar-refractivity contribution in [3.05, 3.63) is 35.4 Å². The van der Waals surface area contributed by atoms with E-state index in [1.165, 1.54) is 23.1 Å². The highest BCUT2D eigenvalue weighted by Gasteiger charge is 2.29. The summed E-state index contributed by atoms with van der Waals surface area (Å²) in [7, 11) is 1.57. The monoisotopic (exact) mass is 279 g/mol. The van der Waals surface area contributed by atoms with Crippen LogP contribution in [0.1, 0.15) is 20.7 Å². The van der Waals surface area contributed by atoms with Crippen molar-refractivity contribution in [2.24, 2.45) is 0 Å². The number of hydrogen-bond acceptors (Lipinski definition) is 5. The summed E-state index contributed by atoms with van der Waals surface area (Å²) in [5, 5.41) is 8.98. The Hall–Kier alpha value is -2.57. The van der Waals surface area contributed by atoms with E-state index in [9.17, 15) is 14.4 Å². The van der Waals surface area contributed by atoms with Gasteiger partial charge in [-0.1, -0.05) is 12.1 Å². The maximum absolute atomic E-state index is 11.9. The Balaban J connectivity index is 1.99. The number of esters is 1. The second kappa shape index (κ2) is 5.60. The van der Waals surface area contributed by atoms with Gasteiger partial charge in [0.2, 0.25) is 0 Å². The molecule has 0 spiro atoms. The number of carboxylic acid groups (broad SMARTS) is 1. The van der Waals surface area contributed by atoms with Crippen LogP contribution in [0.25, 0.3) is 0 Å². The summed E-state index contributed by atoms with van der Waals surface area (Å²) in [5.41, 5.74) is -0.157. The molecule has 1 amide bonds. The second-order valence-corrected chi connectivity index (χ2v) is 4.34. The smallest absolute Gasteiger partial charge is 0.410 e. The number of carbonyl (C=O) groups excluding carboxylic acids is 2. The summed E-state index contributed by atoms with van der Waals surface area (Å²) >= 11 is 0. The van der Waals surface area contributed by atoms with Crippen molar-refractivity contribution in [3.8, 4) is 0 Å². The molecule has 0 saturated carbocycles. The van der Waals surface area contributed by atoms with Crippen LogP contribution in [-0.2, 0) is 9.47 Å². The predicted octanol–water partition coefficient (Wildman–Crippen LogP) is 0.992. The maximum Gasteiger partial charge on any atom is 0.410 e. The molecule has 0 aromatic heterocycles. The van der Waals surface area contributed by atoms with Crippen LogP contribution in [0.4, 0.5) is 4.79 Å². The van der Waals surface area contributed by atoms with Gasteiger partial charge in [-0.2, -0.15) is 0 Å². The zero-order valence-electron chi connectivity index (χ0n) is 10.7. The lowest BCUT2D eigenvalue weighted by Gasteiger charge is -2.10. The fourth-order valence-electron chi connectivity index (χ4n) is 1.83. The van der Waals surface area contributed by atoms with Crippen molar-refractivity contribution in [3.63, 3.8) is 0 Å². The first-order valence-corrected chi connectivity index (χ1v) is 5.90. The van der Waals surface area contributed by atoms with E-state index in [1.807, 2.05) is 0 Å². The van der Waals surface area contributed by atoms with Gasteiger partial charge in [0.15, 0.2) is 6.10 Å². The van der Waals surface area contributed by atoms with E-state index >= 15 is 0 Å². The van der Waals surface area contributed by atoms with Crippen LogP contribution < -0.4 is 0 Å². The Morgan fingerprint density at radius 2 is 2.05 bits per heavy atom. The van der Waals surface area contributed by atoms with Gasteiger partial charge in [0, 0.05) is 7.05 Å². The molecule has 1 saturated heterocycles. The number of amides is 1. The van der Waals surface area contributed by atoms with E-state index < -0.39 is 24.1 Å². The molecule has 0 aliphatic carbocycles. The molecule has 2 rings (SSSR count). The van der Waals surface area contributed by atoms with Crippen LogP contribution in [0, 0.1) is 0 Å². The van der Waals surface area contributed by atoms with Gasteiger partial charge in [-0.15, -0.1) is 0 Å². The van der Waals surface area contributed by atoms with Crippen LogP contribution in [0.3, 0.4) is 0 Å². The summed E-state index contributed by atoms with van der Waals surface area (Å²) in [4.78, 5) is 35.3. The number of carbonyl (C=O) groups is 3. The molecule has 0 radical (unpaired) electrons. The first kappa shape index (κ1) is 13.9. The first-order valence-electron chi connectivity index (χ1n) is 5.90. The van der Waals surface area contributed by atoms with Gasteiger partial charge in [0.25, 0.3) is 0 Å². The number of cyclic esters (lactones) is 1. The van der Waals surface area contributed by atoms with Crippen molar-refractivity contribution in [2.45, 2.75) is 6.10 Å². The number of ether oxygens (including phenoxy) is 2. The van der Waals surface area contributed by atoms with Crippen LogP contribution in [-0.4, -0.2) is 54.3 Å². The molecule has 1 atom stereocenters. The van der Waals surface area contributed by atoms with Crippen LogP contribution in [0.15, 0.2) is 24.3 Å². The van der Waals surface area contributed by atoms with E-state index in [4.69, 9.17) is 14.6 Å². The van der Waals surface area contributed by atoms with Gasteiger partial charge >= 0.3 is 18.0 Å². The molecule has 0 unspecified atom stereocenters. The molecule has 1 aliphatic heterocycles. The third kappa shape index (κ3) is 2.87. The quantitative estimate of drug-likeness (QED) is 0.826. The van der Waals surface area contributed by atoms with Crippen molar-refractivity contribution in [2.75, 3.05) is 20.2 Å². The first-order chi connectivity index (χ1) is 9.49. The average Bonchev–Trinajstić information content (AvgIpc) is 2.75. The zero-order valence-corrected chi connectivity index (χ0v) is 10.7. The summed E-state index contributed by atoms with van der Waals surface area (Å²) in [6.45, 7) is 0.218. The van der Waals surface area contributed by atoms with E-state index in [1.54, 1.807) is 13.1 Å². The Bertz CT molecular complexity index is 556. The standard InChI is InChI=1S/C13H13NO6/c1-14-6-8(20-13(14)18)7-19-12(17)10-5-3-2-4-9(10)11(15)16/h2-5,8H,6-7H2,1H3,(H,15,16)/t8-/m0/s1. The third-order valence-electron chi connectivity index (χ3n) is 2.83. The van der Waals surface area contributed by atoms with E-state index in [2.05, 4.69) is 0 Å². The lowest BCUT2D eigenvalue weighted by atomic mass is 10.1. The molecule has 1 aliphatic rings. The molecule has 1 aromatic carbocycles. The Morgan fingerprint density at radius 3 is 2.60 bits per heavy atom. The van der Waals surface area contributed by atoms with E-state index in [0.717, 1.165) is 0 Å². The molecule has 20 heavy (non-hydrogen) atoms. The minimum atomic E-state index is -1.20. The van der Waals surface area contributed by atoms with E-state index in [-0.39, 0.29) is 17.7 Å². The van der Waals surface area contributed by atoms with Gasteiger partial charge in [-0.25, -0.2) is 14.4 Å². The Kier molecular flexibility index (Phi) is 3.88. The molecule has 1 aromatic rings. The van der Waals surface area contributed by atoms with Crippen LogP contribution in [0.5, 0.6) is 0 Å². The SMILES string of the molecule is CN1C[C@@H](COC(=O)c2ccccc2C(=O)O)OC1=O. The lowest BCUT2D eigenvalue weighted by molar-refractivity contribution is 0.0296. The van der Waals surface area contributed by atoms with Gasteiger partial charge in [0.1, 0.15) is 6.61 Å². The number of carboxylic acids is 1. The number of nitrogens with zero attached hydrogens (tertiary/aromatic N) is 1. The number of benzene rings is 1. The maximum atomic E-state index is 11.9. The molecular formula is C13H13NO6. The molecular weight excluding hydrogens is 266 g/mol. The molecule has 7 nitrogen and oxygen atoms in total. The minimum absolute atomic E-state index is 0.0299. The van der Waals surface area contributed by atoms with Gasteiger partial charge < -0.3 is 19.5 Å². The molecule has 106 valence electrons. The lowest BCUT2D eigenvalue weighted by Crippen LogP contribution is -2.24. The topological polar surface area (TPSA) is 93.1 Å². The van der Waals surface area contributed by atoms with Gasteiger partial charge in [-0.05, 0) is 12.1 Å². The summed E-state index contributed by atoms with van der Waals surface area (Å²) < 4.78 is 9.92. The van der Waals surface area contributed by atoms with Gasteiger partial charge in [0.05, 0.1) is 17.7 Å². The molecule has 0 bridgehead atoms. The number of likely N-dealkylation sites (N-methyl/N-ethyl adjacent to an activating group) is 1. The highest BCUT2D eigenvalue weighted by atomic mass is 16.6. The van der Waals surface area contributed by atoms with Crippen molar-refractivity contribution in [1.82, 2.24) is 4.90 Å². The zero-order chi connectivity index (χ0) is 14.7. The highest BCUT2D eigenvalue weighted by Crippen LogP contribution is 2.13. The Labute approximate surface area is 114 Å². The number of aromatic carboxylic acids is 1.